The summed E-state index contributed by atoms with van der Waals surface area (Å²) in [4.78, 5) is 27.2. The van der Waals surface area contributed by atoms with Gasteiger partial charge in [0, 0.05) is 37.7 Å². The quantitative estimate of drug-likeness (QED) is 0.171. The second-order valence-corrected chi connectivity index (χ2v) is 12.7. The molecular weight excluding hydrogens is 603 g/mol. The van der Waals surface area contributed by atoms with Crippen LogP contribution in [0, 0.1) is 0 Å². The lowest BCUT2D eigenvalue weighted by molar-refractivity contribution is -0.141. The maximum Gasteiger partial charge on any atom is 0.416 e. The highest BCUT2D eigenvalue weighted by Gasteiger charge is 2.38. The van der Waals surface area contributed by atoms with Crippen LogP contribution in [0.1, 0.15) is 54.8 Å². The Hall–Kier alpha value is -3.80. The fourth-order valence-electron chi connectivity index (χ4n) is 6.48. The van der Waals surface area contributed by atoms with Crippen LogP contribution in [0.5, 0.6) is 0 Å². The van der Waals surface area contributed by atoms with Gasteiger partial charge in [0.1, 0.15) is 16.8 Å². The molecular formula is C34H34F3N3O4S. The highest BCUT2D eigenvalue weighted by Crippen LogP contribution is 2.45. The van der Waals surface area contributed by atoms with Gasteiger partial charge in [-0.2, -0.15) is 13.2 Å². The van der Waals surface area contributed by atoms with Gasteiger partial charge in [0.2, 0.25) is 0 Å². The number of nitrogens with one attached hydrogen (secondary N) is 1. The summed E-state index contributed by atoms with van der Waals surface area (Å²) in [6, 6.07) is 17.4. The molecule has 45 heavy (non-hydrogen) atoms. The number of hydrogen-bond acceptors (Lipinski definition) is 6. The number of carbonyl (C=O) groups is 1. The Morgan fingerprint density at radius 1 is 1.02 bits per heavy atom. The van der Waals surface area contributed by atoms with Crippen LogP contribution in [0.3, 0.4) is 0 Å². The Balaban J connectivity index is 1.67. The number of nitrogens with zero attached hydrogens (tertiary/aromatic N) is 2. The molecule has 3 N–H and O–H groups in total. The number of rotatable bonds is 9. The van der Waals surface area contributed by atoms with E-state index < -0.39 is 29.3 Å². The number of aliphatic carboxylic acids is 1. The zero-order valence-corrected chi connectivity index (χ0v) is 25.3. The molecule has 1 aliphatic heterocycles. The van der Waals surface area contributed by atoms with Crippen molar-refractivity contribution in [2.75, 3.05) is 25.0 Å². The van der Waals surface area contributed by atoms with Crippen molar-refractivity contribution in [3.8, 4) is 11.1 Å². The van der Waals surface area contributed by atoms with E-state index in [1.165, 1.54) is 10.6 Å². The van der Waals surface area contributed by atoms with E-state index in [-0.39, 0.29) is 41.9 Å². The third-order valence-corrected chi connectivity index (χ3v) is 9.82. The van der Waals surface area contributed by atoms with Crippen molar-refractivity contribution in [2.24, 2.45) is 0 Å². The number of alkyl halides is 3. The molecule has 6 rings (SSSR count). The minimum absolute atomic E-state index is 0.000472. The molecule has 11 heteroatoms. The number of hydrogen-bond donors (Lipinski definition) is 3. The lowest BCUT2D eigenvalue weighted by Gasteiger charge is -2.36. The van der Waals surface area contributed by atoms with Gasteiger partial charge in [-0.15, -0.1) is 0 Å². The van der Waals surface area contributed by atoms with Crippen LogP contribution in [0.25, 0.3) is 21.9 Å². The number of aliphatic hydroxyl groups excluding tert-OH is 1. The number of carboxylic acids is 1. The highest BCUT2D eigenvalue weighted by atomic mass is 32.2. The van der Waals surface area contributed by atoms with Crippen molar-refractivity contribution in [1.82, 2.24) is 8.87 Å². The normalized spacial score (nSPS) is 17.5. The lowest BCUT2D eigenvalue weighted by atomic mass is 9.91. The molecule has 2 aliphatic rings. The Labute approximate surface area is 262 Å². The number of aliphatic hydroxyl groups is 1. The topological polar surface area (TPSA) is 94.8 Å². The summed E-state index contributed by atoms with van der Waals surface area (Å²) < 4.78 is 45.2. The first-order valence-electron chi connectivity index (χ1n) is 15.1. The van der Waals surface area contributed by atoms with E-state index in [4.69, 9.17) is 0 Å². The van der Waals surface area contributed by atoms with Gasteiger partial charge >= 0.3 is 12.1 Å². The summed E-state index contributed by atoms with van der Waals surface area (Å²) in [5.41, 5.74) is 0.991. The maximum absolute atomic E-state index is 14.5. The predicted octanol–water partition coefficient (Wildman–Crippen LogP) is 6.96. The number of anilines is 1. The van der Waals surface area contributed by atoms with Gasteiger partial charge in [-0.3, -0.25) is 9.36 Å². The van der Waals surface area contributed by atoms with Crippen molar-refractivity contribution >= 4 is 34.4 Å². The molecule has 0 spiro atoms. The van der Waals surface area contributed by atoms with Gasteiger partial charge in [0.05, 0.1) is 5.56 Å². The van der Waals surface area contributed by atoms with Gasteiger partial charge in [0.15, 0.2) is 0 Å². The first-order valence-corrected chi connectivity index (χ1v) is 15.9. The van der Waals surface area contributed by atoms with Crippen LogP contribution >= 0.6 is 11.9 Å². The average Bonchev–Trinajstić information content (AvgIpc) is 3.54. The SMILES string of the molecule is O=C(O)C1CN(CCCO)Sc2c(-c3cccc(C(F)(F)F)c3)c(Cc3cccc4ccccc34)c(NC3CCCC3)c(=O)n21. The Kier molecular flexibility index (Phi) is 8.94. The van der Waals surface area contributed by atoms with Crippen molar-refractivity contribution in [1.29, 1.82) is 0 Å². The van der Waals surface area contributed by atoms with E-state index in [0.29, 0.717) is 24.1 Å². The fraction of sp³-hybridized carbons (Fsp3) is 0.353. The van der Waals surface area contributed by atoms with Gasteiger partial charge < -0.3 is 15.5 Å². The Bertz CT molecular complexity index is 1780. The molecule has 0 saturated heterocycles. The van der Waals surface area contributed by atoms with Crippen LogP contribution in [0.4, 0.5) is 18.9 Å². The average molecular weight is 638 g/mol. The molecule has 1 saturated carbocycles. The largest absolute Gasteiger partial charge is 0.480 e. The summed E-state index contributed by atoms with van der Waals surface area (Å²) in [6.07, 6.45) is -0.369. The Morgan fingerprint density at radius 3 is 2.49 bits per heavy atom. The number of pyridine rings is 1. The fourth-order valence-corrected chi connectivity index (χ4v) is 7.79. The molecule has 1 aliphatic carbocycles. The number of aromatic nitrogens is 1. The van der Waals surface area contributed by atoms with E-state index in [1.807, 2.05) is 42.5 Å². The third-order valence-electron chi connectivity index (χ3n) is 8.65. The summed E-state index contributed by atoms with van der Waals surface area (Å²) in [6.45, 7) is 0.223. The highest BCUT2D eigenvalue weighted by molar-refractivity contribution is 7.97. The number of carboxylic acid groups (broad SMARTS) is 1. The smallest absolute Gasteiger partial charge is 0.416 e. The first-order chi connectivity index (χ1) is 21.7. The first kappa shape index (κ1) is 31.2. The summed E-state index contributed by atoms with van der Waals surface area (Å²) in [7, 11) is 0. The van der Waals surface area contributed by atoms with Gasteiger partial charge in [-0.1, -0.05) is 67.4 Å². The standard InChI is InChI=1S/C34H34F3N3O4S/c35-34(36,37)24-12-6-11-23(18-24)29-27(19-22-10-5-9-21-8-1-4-15-26(21)22)30(38-25-13-2-3-14-25)31(42)40-28(33(43)44)20-39(16-7-17-41)45-32(29)40/h1,4-6,8-12,15,18,25,28,38,41H,2-3,7,13-14,16-17,19-20H2,(H,43,44). The maximum atomic E-state index is 14.5. The molecule has 236 valence electrons. The zero-order chi connectivity index (χ0) is 31.7. The van der Waals surface area contributed by atoms with E-state index >= 15 is 0 Å². The van der Waals surface area contributed by atoms with E-state index in [9.17, 15) is 33.0 Å². The summed E-state index contributed by atoms with van der Waals surface area (Å²) >= 11 is 1.16. The van der Waals surface area contributed by atoms with Crippen LogP contribution < -0.4 is 10.9 Å². The van der Waals surface area contributed by atoms with Crippen molar-refractivity contribution in [3.63, 3.8) is 0 Å². The van der Waals surface area contributed by atoms with Crippen molar-refractivity contribution in [2.45, 2.75) is 61.8 Å². The van der Waals surface area contributed by atoms with Crippen LogP contribution in [-0.4, -0.2) is 50.8 Å². The van der Waals surface area contributed by atoms with E-state index in [0.717, 1.165) is 66.1 Å². The monoisotopic (exact) mass is 637 g/mol. The van der Waals surface area contributed by atoms with Crippen LogP contribution in [0.2, 0.25) is 0 Å². The molecule has 1 unspecified atom stereocenters. The molecule has 3 aromatic carbocycles. The van der Waals surface area contributed by atoms with Crippen LogP contribution in [0.15, 0.2) is 76.6 Å². The Morgan fingerprint density at radius 2 is 1.76 bits per heavy atom. The molecule has 2 heterocycles. The zero-order valence-electron chi connectivity index (χ0n) is 24.5. The lowest BCUT2D eigenvalue weighted by Crippen LogP contribution is -2.43. The van der Waals surface area contributed by atoms with E-state index in [2.05, 4.69) is 5.32 Å². The second kappa shape index (κ2) is 12.9. The van der Waals surface area contributed by atoms with Crippen molar-refractivity contribution < 1.29 is 28.2 Å². The number of halogens is 3. The third kappa shape index (κ3) is 6.34. The van der Waals surface area contributed by atoms with Crippen LogP contribution in [-0.2, 0) is 17.4 Å². The summed E-state index contributed by atoms with van der Waals surface area (Å²) in [5.74, 6) is -1.21. The molecule has 0 radical (unpaired) electrons. The van der Waals surface area contributed by atoms with Gasteiger partial charge in [-0.25, -0.2) is 9.10 Å². The molecule has 1 atom stereocenters. The summed E-state index contributed by atoms with van der Waals surface area (Å²) in [5, 5.41) is 25.5. The van der Waals surface area contributed by atoms with E-state index in [1.54, 1.807) is 10.4 Å². The molecule has 1 aromatic heterocycles. The predicted molar refractivity (Wildman–Crippen MR) is 170 cm³/mol. The number of fused-ring (bicyclic) bond motifs is 2. The molecule has 7 nitrogen and oxygen atoms in total. The van der Waals surface area contributed by atoms with Crippen molar-refractivity contribution in [3.05, 3.63) is 93.8 Å². The second-order valence-electron chi connectivity index (χ2n) is 11.6. The molecule has 1 fully saturated rings. The van der Waals surface area contributed by atoms with Gasteiger partial charge in [-0.05, 0) is 70.8 Å². The molecule has 4 aromatic rings. The minimum atomic E-state index is -4.60. The van der Waals surface area contributed by atoms with Gasteiger partial charge in [0.25, 0.3) is 5.56 Å². The molecule has 0 amide bonds. The molecule has 0 bridgehead atoms. The minimum Gasteiger partial charge on any atom is -0.480 e. The number of benzene rings is 3.